The maximum atomic E-state index is 11.9. The van der Waals surface area contributed by atoms with E-state index in [2.05, 4.69) is 17.3 Å². The summed E-state index contributed by atoms with van der Waals surface area (Å²) in [6, 6.07) is 4.81. The number of ether oxygens (including phenoxy) is 1. The Bertz CT molecular complexity index is 554. The lowest BCUT2D eigenvalue weighted by atomic mass is 10.0. The summed E-state index contributed by atoms with van der Waals surface area (Å²) < 4.78 is 4.90. The summed E-state index contributed by atoms with van der Waals surface area (Å²) in [6.45, 7) is 3.87. The highest BCUT2D eigenvalue weighted by atomic mass is 16.6. The number of hydrogen-bond donors (Lipinski definition) is 1. The predicted octanol–water partition coefficient (Wildman–Crippen LogP) is 2.28. The van der Waals surface area contributed by atoms with Crippen molar-refractivity contribution in [3.8, 4) is 0 Å². The van der Waals surface area contributed by atoms with Crippen LogP contribution in [0.25, 0.3) is 0 Å². The van der Waals surface area contributed by atoms with Crippen LogP contribution in [0.1, 0.15) is 30.1 Å². The van der Waals surface area contributed by atoms with Crippen molar-refractivity contribution in [2.75, 3.05) is 32.1 Å². The fourth-order valence-electron chi connectivity index (χ4n) is 2.55. The molecule has 1 aromatic carbocycles. The number of esters is 1. The third kappa shape index (κ3) is 3.94. The Balaban J connectivity index is 2.17. The third-order valence-corrected chi connectivity index (χ3v) is 3.78. The van der Waals surface area contributed by atoms with Crippen LogP contribution < -0.4 is 5.32 Å². The number of nitro groups is 1. The lowest BCUT2D eigenvalue weighted by Crippen LogP contribution is -2.36. The minimum Gasteiger partial charge on any atom is -0.462 e. The largest absolute Gasteiger partial charge is 0.462 e. The van der Waals surface area contributed by atoms with Gasteiger partial charge in [0.05, 0.1) is 11.5 Å². The van der Waals surface area contributed by atoms with Gasteiger partial charge in [0.25, 0.3) is 5.69 Å². The number of benzene rings is 1. The molecule has 0 spiro atoms. The van der Waals surface area contributed by atoms with Crippen molar-refractivity contribution in [2.45, 2.75) is 25.8 Å². The number of likely N-dealkylation sites (tertiary alicyclic amines) is 1. The van der Waals surface area contributed by atoms with E-state index in [0.29, 0.717) is 11.7 Å². The van der Waals surface area contributed by atoms with Gasteiger partial charge in [-0.2, -0.15) is 0 Å². The van der Waals surface area contributed by atoms with E-state index >= 15 is 0 Å². The number of nitrogens with zero attached hydrogens (tertiary/aromatic N) is 2. The molecule has 2 rings (SSSR count). The fraction of sp³-hybridized carbons (Fsp3) is 0.533. The third-order valence-electron chi connectivity index (χ3n) is 3.78. The molecule has 1 saturated heterocycles. The van der Waals surface area contributed by atoms with Crippen LogP contribution in [0.5, 0.6) is 0 Å². The molecule has 1 aromatic rings. The summed E-state index contributed by atoms with van der Waals surface area (Å²) in [5.74, 6) is -0.666. The predicted molar refractivity (Wildman–Crippen MR) is 83.2 cm³/mol. The topological polar surface area (TPSA) is 84.7 Å². The van der Waals surface area contributed by atoms with E-state index in [9.17, 15) is 14.9 Å². The molecular weight excluding hydrogens is 286 g/mol. The zero-order chi connectivity index (χ0) is 16.1. The molecule has 1 aliphatic rings. The van der Waals surface area contributed by atoms with E-state index in [0.717, 1.165) is 25.9 Å². The summed E-state index contributed by atoms with van der Waals surface area (Å²) in [6.07, 6.45) is 2.00. The molecule has 0 unspecified atom stereocenters. The lowest BCUT2D eigenvalue weighted by Gasteiger charge is -2.30. The summed E-state index contributed by atoms with van der Waals surface area (Å²) in [4.78, 5) is 24.6. The summed E-state index contributed by atoms with van der Waals surface area (Å²) in [5.41, 5.74) is 0.473. The van der Waals surface area contributed by atoms with Crippen molar-refractivity contribution < 1.29 is 14.5 Å². The normalized spacial score (nSPS) is 16.3. The van der Waals surface area contributed by atoms with Crippen LogP contribution in [0.15, 0.2) is 18.2 Å². The van der Waals surface area contributed by atoms with Gasteiger partial charge in [0.2, 0.25) is 0 Å². The van der Waals surface area contributed by atoms with Crippen LogP contribution >= 0.6 is 0 Å². The van der Waals surface area contributed by atoms with Gasteiger partial charge in [0, 0.05) is 17.8 Å². The number of rotatable bonds is 5. The molecule has 0 aliphatic carbocycles. The smallest absolute Gasteiger partial charge is 0.345 e. The first-order valence-corrected chi connectivity index (χ1v) is 7.42. The highest BCUT2D eigenvalue weighted by Gasteiger charge is 2.23. The Hall–Kier alpha value is -2.15. The molecule has 0 amide bonds. The minimum absolute atomic E-state index is 0.00947. The zero-order valence-electron chi connectivity index (χ0n) is 12.9. The van der Waals surface area contributed by atoms with Gasteiger partial charge < -0.3 is 15.0 Å². The van der Waals surface area contributed by atoms with Crippen molar-refractivity contribution in [1.29, 1.82) is 0 Å². The quantitative estimate of drug-likeness (QED) is 0.510. The van der Waals surface area contributed by atoms with Crippen molar-refractivity contribution in [3.63, 3.8) is 0 Å². The van der Waals surface area contributed by atoms with Gasteiger partial charge in [-0.1, -0.05) is 0 Å². The summed E-state index contributed by atoms with van der Waals surface area (Å²) in [5, 5.41) is 14.4. The second kappa shape index (κ2) is 7.22. The minimum atomic E-state index is -0.666. The zero-order valence-corrected chi connectivity index (χ0v) is 12.9. The monoisotopic (exact) mass is 307 g/mol. The van der Waals surface area contributed by atoms with Crippen molar-refractivity contribution >= 4 is 17.3 Å². The number of anilines is 1. The van der Waals surface area contributed by atoms with Crippen LogP contribution in [0.3, 0.4) is 0 Å². The van der Waals surface area contributed by atoms with Crippen LogP contribution in [0.2, 0.25) is 0 Å². The molecule has 7 nitrogen and oxygen atoms in total. The Labute approximate surface area is 129 Å². The van der Waals surface area contributed by atoms with Crippen LogP contribution in [-0.2, 0) is 4.74 Å². The molecule has 7 heteroatoms. The maximum absolute atomic E-state index is 11.9. The molecule has 120 valence electrons. The number of carbonyl (C=O) groups excluding carboxylic acids is 1. The summed E-state index contributed by atoms with van der Waals surface area (Å²) >= 11 is 0. The van der Waals surface area contributed by atoms with E-state index in [4.69, 9.17) is 4.74 Å². The first-order valence-electron chi connectivity index (χ1n) is 7.42. The van der Waals surface area contributed by atoms with E-state index in [1.54, 1.807) is 13.0 Å². The van der Waals surface area contributed by atoms with Crippen molar-refractivity contribution in [3.05, 3.63) is 33.9 Å². The molecule has 0 saturated carbocycles. The van der Waals surface area contributed by atoms with E-state index in [1.807, 2.05) is 0 Å². The van der Waals surface area contributed by atoms with Crippen LogP contribution in [0, 0.1) is 10.1 Å². The molecule has 0 aromatic heterocycles. The Morgan fingerprint density at radius 1 is 1.45 bits per heavy atom. The van der Waals surface area contributed by atoms with Gasteiger partial charge in [0.1, 0.15) is 5.56 Å². The molecule has 1 aliphatic heterocycles. The van der Waals surface area contributed by atoms with Crippen molar-refractivity contribution in [2.24, 2.45) is 0 Å². The van der Waals surface area contributed by atoms with Gasteiger partial charge in [-0.25, -0.2) is 4.79 Å². The number of carbonyl (C=O) groups is 1. The molecule has 22 heavy (non-hydrogen) atoms. The molecule has 1 N–H and O–H groups in total. The number of hydrogen-bond acceptors (Lipinski definition) is 6. The molecule has 0 radical (unpaired) electrons. The van der Waals surface area contributed by atoms with E-state index < -0.39 is 10.9 Å². The van der Waals surface area contributed by atoms with Gasteiger partial charge >= 0.3 is 5.97 Å². The first-order chi connectivity index (χ1) is 10.5. The molecule has 1 heterocycles. The maximum Gasteiger partial charge on any atom is 0.345 e. The lowest BCUT2D eigenvalue weighted by molar-refractivity contribution is -0.385. The summed E-state index contributed by atoms with van der Waals surface area (Å²) in [7, 11) is 2.08. The first kappa shape index (κ1) is 16.2. The molecule has 0 atom stereocenters. The van der Waals surface area contributed by atoms with Gasteiger partial charge in [0.15, 0.2) is 0 Å². The Morgan fingerprint density at radius 3 is 2.73 bits per heavy atom. The van der Waals surface area contributed by atoms with Gasteiger partial charge in [-0.15, -0.1) is 0 Å². The standard InChI is InChI=1S/C15H21N3O4/c1-3-22-15(19)13-10-12(4-5-14(13)18(20)21)16-11-6-8-17(2)9-7-11/h4-5,10-11,16H,3,6-9H2,1-2H3. The number of piperidine rings is 1. The second-order valence-electron chi connectivity index (χ2n) is 5.43. The highest BCUT2D eigenvalue weighted by molar-refractivity contribution is 5.95. The number of nitro benzene ring substituents is 1. The van der Waals surface area contributed by atoms with E-state index in [-0.39, 0.29) is 17.9 Å². The highest BCUT2D eigenvalue weighted by Crippen LogP contribution is 2.25. The fourth-order valence-corrected chi connectivity index (χ4v) is 2.55. The average Bonchev–Trinajstić information content (AvgIpc) is 2.49. The van der Waals surface area contributed by atoms with Crippen molar-refractivity contribution in [1.82, 2.24) is 4.90 Å². The SMILES string of the molecule is CCOC(=O)c1cc(NC2CCN(C)CC2)ccc1[N+](=O)[O-]. The number of nitrogens with one attached hydrogen (secondary N) is 1. The van der Waals surface area contributed by atoms with Gasteiger partial charge in [-0.05, 0) is 52.0 Å². The molecule has 0 bridgehead atoms. The van der Waals surface area contributed by atoms with Gasteiger partial charge in [-0.3, -0.25) is 10.1 Å². The average molecular weight is 307 g/mol. The van der Waals surface area contributed by atoms with Crippen LogP contribution in [-0.4, -0.2) is 48.6 Å². The Kier molecular flexibility index (Phi) is 5.32. The van der Waals surface area contributed by atoms with E-state index in [1.165, 1.54) is 12.1 Å². The molecular formula is C15H21N3O4. The van der Waals surface area contributed by atoms with Crippen LogP contribution in [0.4, 0.5) is 11.4 Å². The second-order valence-corrected chi connectivity index (χ2v) is 5.43. The Morgan fingerprint density at radius 2 is 2.14 bits per heavy atom. The molecule has 1 fully saturated rings.